The lowest BCUT2D eigenvalue weighted by atomic mass is 9.91. The van der Waals surface area contributed by atoms with E-state index in [4.69, 9.17) is 0 Å². The van der Waals surface area contributed by atoms with Crippen molar-refractivity contribution in [2.24, 2.45) is 16.8 Å². The van der Waals surface area contributed by atoms with Gasteiger partial charge < -0.3 is 10.1 Å². The quantitative estimate of drug-likeness (QED) is 0.226. The Morgan fingerprint density at radius 1 is 0.737 bits per heavy atom. The molecule has 0 aliphatic carbocycles. The van der Waals surface area contributed by atoms with E-state index in [1.54, 1.807) is 0 Å². The van der Waals surface area contributed by atoms with Crippen LogP contribution in [-0.2, 0) is 12.8 Å². The fraction of sp³-hybridized carbons (Fsp3) is 0.471. The molecule has 202 valence electrons. The second-order valence-electron chi connectivity index (χ2n) is 11.0. The highest BCUT2D eigenvalue weighted by atomic mass is 16.3. The van der Waals surface area contributed by atoms with Gasteiger partial charge in [0.2, 0.25) is 0 Å². The molecule has 1 aliphatic rings. The van der Waals surface area contributed by atoms with Gasteiger partial charge in [-0.25, -0.2) is 4.99 Å². The number of hydrogen-bond donors (Lipinski definition) is 2. The number of aromatic hydroxyl groups is 1. The van der Waals surface area contributed by atoms with Crippen LogP contribution in [0.5, 0.6) is 5.88 Å². The molecule has 0 saturated heterocycles. The van der Waals surface area contributed by atoms with Crippen molar-refractivity contribution in [2.75, 3.05) is 0 Å². The summed E-state index contributed by atoms with van der Waals surface area (Å²) in [4.78, 5) is 20.5. The summed E-state index contributed by atoms with van der Waals surface area (Å²) in [5, 5.41) is 10.9. The fourth-order valence-corrected chi connectivity index (χ4v) is 5.73. The molecule has 1 amide bonds. The lowest BCUT2D eigenvalue weighted by molar-refractivity contribution is 0.101. The SMILES string of the molecule is CCCCC(CC)Cc1ccc(C2=NC(=O)c3c(-c4ccc(CC(CC)CCCC)cc4)[nH]c(O)c32)cc1. The van der Waals surface area contributed by atoms with Gasteiger partial charge in [-0.15, -0.1) is 0 Å². The number of H-pyrrole nitrogens is 1. The maximum atomic E-state index is 13.0. The lowest BCUT2D eigenvalue weighted by Gasteiger charge is -2.14. The Hall–Kier alpha value is -3.14. The van der Waals surface area contributed by atoms with Crippen LogP contribution in [0.15, 0.2) is 53.5 Å². The maximum Gasteiger partial charge on any atom is 0.280 e. The Balaban J connectivity index is 1.52. The van der Waals surface area contributed by atoms with Crippen molar-refractivity contribution in [1.82, 2.24) is 4.98 Å². The molecule has 0 radical (unpaired) electrons. The molecule has 2 N–H and O–H groups in total. The predicted molar refractivity (Wildman–Crippen MR) is 158 cm³/mol. The number of hydrogen-bond acceptors (Lipinski definition) is 2. The van der Waals surface area contributed by atoms with Crippen LogP contribution >= 0.6 is 0 Å². The molecule has 2 unspecified atom stereocenters. The molecule has 4 heteroatoms. The normalized spacial score (nSPS) is 14.4. The monoisotopic (exact) mass is 512 g/mol. The summed E-state index contributed by atoms with van der Waals surface area (Å²) in [6, 6.07) is 16.8. The van der Waals surface area contributed by atoms with Crippen LogP contribution in [0.1, 0.15) is 112 Å². The first kappa shape index (κ1) is 27.9. The molecule has 3 aromatic rings. The minimum absolute atomic E-state index is 0.00368. The summed E-state index contributed by atoms with van der Waals surface area (Å²) in [7, 11) is 0. The largest absolute Gasteiger partial charge is 0.494 e. The van der Waals surface area contributed by atoms with Crippen molar-refractivity contribution in [3.63, 3.8) is 0 Å². The van der Waals surface area contributed by atoms with Crippen LogP contribution in [0.3, 0.4) is 0 Å². The van der Waals surface area contributed by atoms with Gasteiger partial charge in [-0.2, -0.15) is 0 Å². The Kier molecular flexibility index (Phi) is 9.60. The van der Waals surface area contributed by atoms with Crippen molar-refractivity contribution in [2.45, 2.75) is 91.9 Å². The Labute approximate surface area is 228 Å². The van der Waals surface area contributed by atoms with Gasteiger partial charge in [-0.05, 0) is 41.4 Å². The standard InChI is InChI=1S/C34H44N2O2/c1-5-9-11-23(7-3)21-25-13-17-27(18-14-25)31-29-30(34(38)35-31)32(36-33(29)37)28-19-15-26(16-20-28)22-24(8-4)12-10-6-2/h13-20,23-24,35,38H,5-12,21-22H2,1-4H3. The van der Waals surface area contributed by atoms with E-state index in [9.17, 15) is 9.90 Å². The van der Waals surface area contributed by atoms with E-state index in [1.807, 2.05) is 12.1 Å². The second-order valence-corrected chi connectivity index (χ2v) is 11.0. The van der Waals surface area contributed by atoms with Crippen LogP contribution in [0.4, 0.5) is 0 Å². The minimum atomic E-state index is -0.300. The van der Waals surface area contributed by atoms with Crippen molar-refractivity contribution < 1.29 is 9.90 Å². The Bertz CT molecular complexity index is 1230. The first-order chi connectivity index (χ1) is 18.5. The number of nitrogens with one attached hydrogen (secondary N) is 1. The predicted octanol–water partition coefficient (Wildman–Crippen LogP) is 8.90. The smallest absolute Gasteiger partial charge is 0.280 e. The zero-order valence-corrected chi connectivity index (χ0v) is 23.6. The molecular weight excluding hydrogens is 468 g/mol. The average molecular weight is 513 g/mol. The first-order valence-corrected chi connectivity index (χ1v) is 14.8. The third-order valence-corrected chi connectivity index (χ3v) is 8.25. The summed E-state index contributed by atoms with van der Waals surface area (Å²) in [5.41, 5.74) is 6.54. The van der Waals surface area contributed by atoms with Gasteiger partial charge in [0.1, 0.15) is 0 Å². The van der Waals surface area contributed by atoms with Gasteiger partial charge in [0, 0.05) is 5.56 Å². The molecule has 0 saturated carbocycles. The molecule has 2 aromatic carbocycles. The van der Waals surface area contributed by atoms with E-state index in [1.165, 1.54) is 62.5 Å². The molecule has 4 rings (SSSR count). The molecule has 4 nitrogen and oxygen atoms in total. The van der Waals surface area contributed by atoms with Crippen molar-refractivity contribution in [1.29, 1.82) is 0 Å². The molecular formula is C34H44N2O2. The van der Waals surface area contributed by atoms with Gasteiger partial charge in [-0.3, -0.25) is 4.79 Å². The van der Waals surface area contributed by atoms with Crippen molar-refractivity contribution in [3.05, 3.63) is 76.3 Å². The molecule has 0 spiro atoms. The zero-order valence-electron chi connectivity index (χ0n) is 23.6. The average Bonchev–Trinajstić information content (AvgIpc) is 3.47. The summed E-state index contributed by atoms with van der Waals surface area (Å²) in [5.74, 6) is 1.10. The Morgan fingerprint density at radius 3 is 1.71 bits per heavy atom. The number of aromatic amines is 1. The highest BCUT2D eigenvalue weighted by molar-refractivity contribution is 6.30. The van der Waals surface area contributed by atoms with Gasteiger partial charge in [0.05, 0.1) is 22.5 Å². The van der Waals surface area contributed by atoms with Crippen LogP contribution in [0, 0.1) is 11.8 Å². The highest BCUT2D eigenvalue weighted by Gasteiger charge is 2.33. The van der Waals surface area contributed by atoms with E-state index in [0.29, 0.717) is 34.4 Å². The molecule has 38 heavy (non-hydrogen) atoms. The van der Waals surface area contributed by atoms with Crippen LogP contribution in [-0.4, -0.2) is 21.7 Å². The molecule has 1 aliphatic heterocycles. The van der Waals surface area contributed by atoms with Crippen LogP contribution < -0.4 is 0 Å². The summed E-state index contributed by atoms with van der Waals surface area (Å²) in [6.45, 7) is 9.03. The number of rotatable bonds is 14. The van der Waals surface area contributed by atoms with E-state index in [0.717, 1.165) is 24.0 Å². The second kappa shape index (κ2) is 13.1. The number of aliphatic imine (C=N–C) groups is 1. The third kappa shape index (κ3) is 6.28. The number of aromatic nitrogens is 1. The van der Waals surface area contributed by atoms with Gasteiger partial charge in [0.25, 0.3) is 5.91 Å². The lowest BCUT2D eigenvalue weighted by Crippen LogP contribution is -2.04. The van der Waals surface area contributed by atoms with Crippen LogP contribution in [0.25, 0.3) is 11.3 Å². The number of benzene rings is 2. The zero-order chi connectivity index (χ0) is 27.1. The fourth-order valence-electron chi connectivity index (χ4n) is 5.73. The van der Waals surface area contributed by atoms with Gasteiger partial charge in [-0.1, -0.05) is 128 Å². The highest BCUT2D eigenvalue weighted by Crippen LogP contribution is 2.38. The maximum absolute atomic E-state index is 13.0. The first-order valence-electron chi connectivity index (χ1n) is 14.8. The topological polar surface area (TPSA) is 65.5 Å². The van der Waals surface area contributed by atoms with Crippen molar-refractivity contribution in [3.8, 4) is 17.1 Å². The van der Waals surface area contributed by atoms with Gasteiger partial charge >= 0.3 is 0 Å². The van der Waals surface area contributed by atoms with E-state index >= 15 is 0 Å². The van der Waals surface area contributed by atoms with Crippen LogP contribution in [0.2, 0.25) is 0 Å². The summed E-state index contributed by atoms with van der Waals surface area (Å²) < 4.78 is 0. The number of carbonyl (C=O) groups excluding carboxylic acids is 1. The Morgan fingerprint density at radius 2 is 1.24 bits per heavy atom. The number of unbranched alkanes of at least 4 members (excludes halogenated alkanes) is 2. The molecule has 1 aromatic heterocycles. The molecule has 2 atom stereocenters. The van der Waals surface area contributed by atoms with E-state index < -0.39 is 0 Å². The number of amides is 1. The number of carbonyl (C=O) groups is 1. The van der Waals surface area contributed by atoms with Crippen molar-refractivity contribution >= 4 is 11.6 Å². The molecule has 0 fully saturated rings. The van der Waals surface area contributed by atoms with E-state index in [2.05, 4.69) is 74.1 Å². The summed E-state index contributed by atoms with van der Waals surface area (Å²) >= 11 is 0. The molecule has 2 heterocycles. The third-order valence-electron chi connectivity index (χ3n) is 8.25. The number of nitrogens with zero attached hydrogens (tertiary/aromatic N) is 1. The van der Waals surface area contributed by atoms with E-state index in [-0.39, 0.29) is 11.8 Å². The van der Waals surface area contributed by atoms with Gasteiger partial charge in [0.15, 0.2) is 5.88 Å². The number of fused-ring (bicyclic) bond motifs is 1. The molecule has 0 bridgehead atoms. The summed E-state index contributed by atoms with van der Waals surface area (Å²) in [6.07, 6.45) is 12.1. The minimum Gasteiger partial charge on any atom is -0.494 e.